The molecule has 0 fully saturated rings. The molecule has 0 aliphatic heterocycles. The third-order valence-electron chi connectivity index (χ3n) is 6.97. The summed E-state index contributed by atoms with van der Waals surface area (Å²) in [6, 6.07) is 55.7. The van der Waals surface area contributed by atoms with Gasteiger partial charge in [-0.3, -0.25) is 0 Å². The standard InChI is InChI=1S/C33H30P/c1-33(28-17-7-2-8-18-28,29-19-9-3-10-20-29)27-34(30-21-11-4-12-22-30,31-23-13-5-14-24-31)32-25-15-6-16-26-32/h2-26H,27H2,1H3/q+1. The van der Waals surface area contributed by atoms with E-state index in [9.17, 15) is 0 Å². The van der Waals surface area contributed by atoms with Crippen molar-refractivity contribution in [1.82, 2.24) is 0 Å². The van der Waals surface area contributed by atoms with Crippen LogP contribution in [-0.2, 0) is 5.41 Å². The Labute approximate surface area is 204 Å². The highest BCUT2D eigenvalue weighted by atomic mass is 31.2. The van der Waals surface area contributed by atoms with Gasteiger partial charge in [0.05, 0.1) is 11.6 Å². The van der Waals surface area contributed by atoms with Gasteiger partial charge in [-0.05, 0) is 54.4 Å². The van der Waals surface area contributed by atoms with Crippen LogP contribution in [0.3, 0.4) is 0 Å². The van der Waals surface area contributed by atoms with E-state index in [1.54, 1.807) is 0 Å². The van der Waals surface area contributed by atoms with Crippen LogP contribution in [0.15, 0.2) is 152 Å². The largest absolute Gasteiger partial charge is 0.113 e. The molecule has 0 nitrogen and oxygen atoms in total. The molecule has 0 aliphatic carbocycles. The zero-order valence-corrected chi connectivity index (χ0v) is 20.5. The summed E-state index contributed by atoms with van der Waals surface area (Å²) < 4.78 is 0. The zero-order valence-electron chi connectivity index (χ0n) is 19.6. The minimum atomic E-state index is -2.01. The second-order valence-electron chi connectivity index (χ2n) is 9.04. The van der Waals surface area contributed by atoms with Crippen LogP contribution in [0.2, 0.25) is 0 Å². The maximum atomic E-state index is 2.43. The minimum absolute atomic E-state index is 0.169. The molecule has 1 heteroatoms. The van der Waals surface area contributed by atoms with E-state index in [-0.39, 0.29) is 5.41 Å². The second kappa shape index (κ2) is 9.80. The Morgan fingerprint density at radius 2 is 0.676 bits per heavy atom. The summed E-state index contributed by atoms with van der Waals surface area (Å²) in [7, 11) is -2.01. The van der Waals surface area contributed by atoms with Gasteiger partial charge in [0.25, 0.3) is 0 Å². The van der Waals surface area contributed by atoms with E-state index in [0.717, 1.165) is 6.16 Å². The fourth-order valence-corrected chi connectivity index (χ4v) is 10.0. The van der Waals surface area contributed by atoms with Crippen LogP contribution >= 0.6 is 7.26 Å². The van der Waals surface area contributed by atoms with E-state index in [1.165, 1.54) is 27.0 Å². The smallest absolute Gasteiger partial charge is 0.0622 e. The van der Waals surface area contributed by atoms with Gasteiger partial charge in [0.1, 0.15) is 23.2 Å². The Morgan fingerprint density at radius 1 is 0.412 bits per heavy atom. The van der Waals surface area contributed by atoms with Crippen molar-refractivity contribution >= 4 is 23.2 Å². The summed E-state index contributed by atoms with van der Waals surface area (Å²) in [6.45, 7) is 2.43. The van der Waals surface area contributed by atoms with Gasteiger partial charge in [0, 0.05) is 0 Å². The second-order valence-corrected chi connectivity index (χ2v) is 12.5. The molecule has 0 atom stereocenters. The summed E-state index contributed by atoms with van der Waals surface area (Å²) in [6.07, 6.45) is 1.01. The van der Waals surface area contributed by atoms with Crippen LogP contribution in [-0.4, -0.2) is 6.16 Å². The lowest BCUT2D eigenvalue weighted by Crippen LogP contribution is -2.41. The highest BCUT2D eigenvalue weighted by Crippen LogP contribution is 2.60. The van der Waals surface area contributed by atoms with E-state index in [4.69, 9.17) is 0 Å². The number of hydrogen-bond acceptors (Lipinski definition) is 0. The first kappa shape index (κ1) is 22.3. The predicted octanol–water partition coefficient (Wildman–Crippen LogP) is 6.99. The van der Waals surface area contributed by atoms with E-state index in [2.05, 4.69) is 159 Å². The molecule has 0 spiro atoms. The Hall–Kier alpha value is -3.47. The topological polar surface area (TPSA) is 0 Å². The van der Waals surface area contributed by atoms with Crippen LogP contribution in [0, 0.1) is 0 Å². The van der Waals surface area contributed by atoms with Gasteiger partial charge in [-0.15, -0.1) is 0 Å². The molecular weight excluding hydrogens is 427 g/mol. The van der Waals surface area contributed by atoms with Crippen LogP contribution in [0.5, 0.6) is 0 Å². The highest BCUT2D eigenvalue weighted by Gasteiger charge is 2.51. The van der Waals surface area contributed by atoms with Crippen molar-refractivity contribution in [2.75, 3.05) is 6.16 Å². The van der Waals surface area contributed by atoms with E-state index in [0.29, 0.717) is 0 Å². The predicted molar refractivity (Wildman–Crippen MR) is 149 cm³/mol. The summed E-state index contributed by atoms with van der Waals surface area (Å²) in [5.41, 5.74) is 2.54. The van der Waals surface area contributed by atoms with Gasteiger partial charge in [-0.2, -0.15) is 0 Å². The maximum Gasteiger partial charge on any atom is 0.113 e. The minimum Gasteiger partial charge on any atom is -0.0622 e. The van der Waals surface area contributed by atoms with Crippen molar-refractivity contribution in [2.24, 2.45) is 0 Å². The van der Waals surface area contributed by atoms with Gasteiger partial charge in [-0.1, -0.05) is 115 Å². The van der Waals surface area contributed by atoms with Crippen LogP contribution < -0.4 is 15.9 Å². The Bertz CT molecular complexity index is 1160. The summed E-state index contributed by atoms with van der Waals surface area (Å²) in [5.74, 6) is 0. The molecule has 0 amide bonds. The molecule has 5 rings (SSSR count). The first-order valence-corrected chi connectivity index (χ1v) is 13.9. The van der Waals surface area contributed by atoms with Crippen molar-refractivity contribution in [3.63, 3.8) is 0 Å². The number of rotatable bonds is 7. The summed E-state index contributed by atoms with van der Waals surface area (Å²) in [5, 5.41) is 4.27. The fourth-order valence-electron chi connectivity index (χ4n) is 5.20. The average Bonchev–Trinajstić information content (AvgIpc) is 2.94. The van der Waals surface area contributed by atoms with Crippen LogP contribution in [0.25, 0.3) is 0 Å². The van der Waals surface area contributed by atoms with Crippen LogP contribution in [0.4, 0.5) is 0 Å². The molecular formula is C33H30P+. The molecule has 0 bridgehead atoms. The van der Waals surface area contributed by atoms with Crippen molar-refractivity contribution in [3.8, 4) is 0 Å². The Kier molecular flexibility index (Phi) is 6.43. The van der Waals surface area contributed by atoms with Crippen LogP contribution in [0.1, 0.15) is 18.1 Å². The molecule has 0 aliphatic rings. The molecule has 5 aromatic rings. The zero-order chi connectivity index (χ0) is 23.3. The van der Waals surface area contributed by atoms with Gasteiger partial charge in [0.2, 0.25) is 0 Å². The van der Waals surface area contributed by atoms with Crippen molar-refractivity contribution < 1.29 is 0 Å². The first-order chi connectivity index (χ1) is 16.7. The molecule has 0 unspecified atom stereocenters. The first-order valence-electron chi connectivity index (χ1n) is 11.9. The van der Waals surface area contributed by atoms with Crippen molar-refractivity contribution in [2.45, 2.75) is 12.3 Å². The summed E-state index contributed by atoms with van der Waals surface area (Å²) in [4.78, 5) is 0. The summed E-state index contributed by atoms with van der Waals surface area (Å²) >= 11 is 0. The third-order valence-corrected chi connectivity index (χ3v) is 11.6. The molecule has 0 saturated heterocycles. The van der Waals surface area contributed by atoms with Gasteiger partial charge >= 0.3 is 0 Å². The lowest BCUT2D eigenvalue weighted by atomic mass is 9.78. The normalized spacial score (nSPS) is 11.8. The maximum absolute atomic E-state index is 2.43. The Balaban J connectivity index is 1.83. The Morgan fingerprint density at radius 3 is 0.971 bits per heavy atom. The molecule has 34 heavy (non-hydrogen) atoms. The van der Waals surface area contributed by atoms with E-state index < -0.39 is 7.26 Å². The SMILES string of the molecule is CC(C[P+](c1ccccc1)(c1ccccc1)c1ccccc1)(c1ccccc1)c1ccccc1. The van der Waals surface area contributed by atoms with E-state index in [1.807, 2.05) is 0 Å². The van der Waals surface area contributed by atoms with Crippen molar-refractivity contribution in [3.05, 3.63) is 163 Å². The molecule has 5 aromatic carbocycles. The highest BCUT2D eigenvalue weighted by molar-refractivity contribution is 7.95. The molecule has 166 valence electrons. The van der Waals surface area contributed by atoms with Gasteiger partial charge in [-0.25, -0.2) is 0 Å². The third kappa shape index (κ3) is 4.11. The lowest BCUT2D eigenvalue weighted by molar-refractivity contribution is 0.649. The fraction of sp³-hybridized carbons (Fsp3) is 0.0909. The number of hydrogen-bond donors (Lipinski definition) is 0. The molecule has 0 heterocycles. The van der Waals surface area contributed by atoms with E-state index >= 15 is 0 Å². The number of benzene rings is 5. The quantitative estimate of drug-likeness (QED) is 0.231. The van der Waals surface area contributed by atoms with Gasteiger partial charge < -0.3 is 0 Å². The molecule has 0 radical (unpaired) electrons. The molecule has 0 N–H and O–H groups in total. The molecule has 0 aromatic heterocycles. The molecule has 0 saturated carbocycles. The van der Waals surface area contributed by atoms with Gasteiger partial charge in [0.15, 0.2) is 0 Å². The van der Waals surface area contributed by atoms with Crippen molar-refractivity contribution in [1.29, 1.82) is 0 Å². The average molecular weight is 458 g/mol. The lowest BCUT2D eigenvalue weighted by Gasteiger charge is -2.38. The monoisotopic (exact) mass is 457 g/mol.